The van der Waals surface area contributed by atoms with Gasteiger partial charge in [-0.1, -0.05) is 23.7 Å². The molecule has 0 aromatic heterocycles. The van der Waals surface area contributed by atoms with Gasteiger partial charge in [0.05, 0.1) is 0 Å². The average Bonchev–Trinajstić information content (AvgIpc) is 2.62. The van der Waals surface area contributed by atoms with Crippen molar-refractivity contribution >= 4 is 23.4 Å². The smallest absolute Gasteiger partial charge is 0.279 e. The molecule has 0 bridgehead atoms. The number of carbonyl (C=O) groups excluding carboxylic acids is 2. The van der Waals surface area contributed by atoms with Crippen molar-refractivity contribution in [1.29, 1.82) is 0 Å². The molecule has 2 amide bonds. The zero-order valence-electron chi connectivity index (χ0n) is 14.8. The summed E-state index contributed by atoms with van der Waals surface area (Å²) in [4.78, 5) is 23.8. The van der Waals surface area contributed by atoms with Crippen LogP contribution in [0.3, 0.4) is 0 Å². The van der Waals surface area contributed by atoms with Crippen LogP contribution >= 0.6 is 11.6 Å². The normalized spacial score (nSPS) is 11.4. The number of ether oxygens (including phenoxy) is 2. The molecule has 0 fully saturated rings. The fourth-order valence-electron chi connectivity index (χ4n) is 2.05. The molecule has 0 radical (unpaired) electrons. The number of hydrazine groups is 1. The second-order valence-corrected chi connectivity index (χ2v) is 6.25. The SMILES string of the molecule is Cc1ccc(C)c(OCC(=O)NNC(=O)[C@@H](C)Oc2ccc(Cl)cc2)c1. The Bertz CT molecular complexity index is 778. The molecule has 0 aliphatic rings. The maximum Gasteiger partial charge on any atom is 0.279 e. The molecule has 7 heteroatoms. The third-order valence-electron chi connectivity index (χ3n) is 3.52. The van der Waals surface area contributed by atoms with E-state index < -0.39 is 17.9 Å². The van der Waals surface area contributed by atoms with Gasteiger partial charge in [-0.2, -0.15) is 0 Å². The second-order valence-electron chi connectivity index (χ2n) is 5.81. The van der Waals surface area contributed by atoms with Gasteiger partial charge in [-0.15, -0.1) is 0 Å². The number of carbonyl (C=O) groups is 2. The first-order valence-electron chi connectivity index (χ1n) is 8.06. The quantitative estimate of drug-likeness (QED) is 0.760. The van der Waals surface area contributed by atoms with Gasteiger partial charge in [0.25, 0.3) is 11.8 Å². The van der Waals surface area contributed by atoms with Crippen LogP contribution in [-0.2, 0) is 9.59 Å². The standard InChI is InChI=1S/C19H21ClN2O4/c1-12-4-5-13(2)17(10-12)25-11-18(23)21-22-19(24)14(3)26-16-8-6-15(20)7-9-16/h4-10,14H,11H2,1-3H3,(H,21,23)(H,22,24)/t14-/m1/s1. The Labute approximate surface area is 157 Å². The van der Waals surface area contributed by atoms with Crippen LogP contribution in [0.25, 0.3) is 0 Å². The van der Waals surface area contributed by atoms with Gasteiger partial charge >= 0.3 is 0 Å². The number of benzene rings is 2. The first-order valence-corrected chi connectivity index (χ1v) is 8.44. The molecule has 138 valence electrons. The highest BCUT2D eigenvalue weighted by molar-refractivity contribution is 6.30. The van der Waals surface area contributed by atoms with Gasteiger partial charge in [0.1, 0.15) is 11.5 Å². The van der Waals surface area contributed by atoms with Gasteiger partial charge in [0.15, 0.2) is 12.7 Å². The number of aryl methyl sites for hydroxylation is 2. The minimum Gasteiger partial charge on any atom is -0.483 e. The van der Waals surface area contributed by atoms with Crippen LogP contribution in [0.1, 0.15) is 18.1 Å². The Morgan fingerprint density at radius 3 is 2.46 bits per heavy atom. The Morgan fingerprint density at radius 2 is 1.77 bits per heavy atom. The summed E-state index contributed by atoms with van der Waals surface area (Å²) in [5.41, 5.74) is 6.57. The van der Waals surface area contributed by atoms with E-state index in [1.165, 1.54) is 0 Å². The van der Waals surface area contributed by atoms with Gasteiger partial charge in [-0.25, -0.2) is 0 Å². The minimum atomic E-state index is -0.795. The van der Waals surface area contributed by atoms with Crippen molar-refractivity contribution in [2.45, 2.75) is 26.9 Å². The van der Waals surface area contributed by atoms with Crippen LogP contribution in [0.5, 0.6) is 11.5 Å². The van der Waals surface area contributed by atoms with Gasteiger partial charge < -0.3 is 9.47 Å². The molecule has 1 atom stereocenters. The van der Waals surface area contributed by atoms with Crippen molar-refractivity contribution < 1.29 is 19.1 Å². The van der Waals surface area contributed by atoms with Gasteiger partial charge in [-0.3, -0.25) is 20.4 Å². The average molecular weight is 377 g/mol. The van der Waals surface area contributed by atoms with E-state index in [1.807, 2.05) is 32.0 Å². The van der Waals surface area contributed by atoms with Gasteiger partial charge in [0, 0.05) is 5.02 Å². The van der Waals surface area contributed by atoms with E-state index in [9.17, 15) is 9.59 Å². The maximum atomic E-state index is 12.0. The zero-order valence-corrected chi connectivity index (χ0v) is 15.6. The van der Waals surface area contributed by atoms with Crippen molar-refractivity contribution in [3.05, 3.63) is 58.6 Å². The molecule has 6 nitrogen and oxygen atoms in total. The monoisotopic (exact) mass is 376 g/mol. The number of amides is 2. The fraction of sp³-hybridized carbons (Fsp3) is 0.263. The topological polar surface area (TPSA) is 76.7 Å². The number of hydrogen-bond acceptors (Lipinski definition) is 4. The molecule has 0 aliphatic carbocycles. The zero-order chi connectivity index (χ0) is 19.1. The van der Waals surface area contributed by atoms with Crippen LogP contribution in [0, 0.1) is 13.8 Å². The summed E-state index contributed by atoms with van der Waals surface area (Å²) in [5, 5.41) is 0.575. The number of halogens is 1. The summed E-state index contributed by atoms with van der Waals surface area (Å²) in [6, 6.07) is 12.4. The summed E-state index contributed by atoms with van der Waals surface area (Å²) < 4.78 is 10.9. The predicted octanol–water partition coefficient (Wildman–Crippen LogP) is 2.95. The maximum absolute atomic E-state index is 12.0. The first kappa shape index (κ1) is 19.6. The largest absolute Gasteiger partial charge is 0.483 e. The van der Waals surface area contributed by atoms with E-state index in [0.29, 0.717) is 16.5 Å². The van der Waals surface area contributed by atoms with Crippen LogP contribution in [-0.4, -0.2) is 24.5 Å². The van der Waals surface area contributed by atoms with E-state index in [1.54, 1.807) is 31.2 Å². The second kappa shape index (κ2) is 9.10. The van der Waals surface area contributed by atoms with Gasteiger partial charge in [-0.05, 0) is 62.2 Å². The Kier molecular flexibility index (Phi) is 6.86. The number of nitrogens with one attached hydrogen (secondary N) is 2. The van der Waals surface area contributed by atoms with Gasteiger partial charge in [0.2, 0.25) is 0 Å². The van der Waals surface area contributed by atoms with E-state index >= 15 is 0 Å². The van der Waals surface area contributed by atoms with Crippen LogP contribution in [0.4, 0.5) is 0 Å². The first-order chi connectivity index (χ1) is 12.3. The lowest BCUT2D eigenvalue weighted by Gasteiger charge is -2.15. The summed E-state index contributed by atoms with van der Waals surface area (Å²) in [5.74, 6) is 0.172. The summed E-state index contributed by atoms with van der Waals surface area (Å²) in [7, 11) is 0. The van der Waals surface area contributed by atoms with Crippen molar-refractivity contribution in [2.24, 2.45) is 0 Å². The van der Waals surface area contributed by atoms with Crippen LogP contribution < -0.4 is 20.3 Å². The highest BCUT2D eigenvalue weighted by atomic mass is 35.5. The molecular weight excluding hydrogens is 356 g/mol. The van der Waals surface area contributed by atoms with E-state index in [-0.39, 0.29) is 6.61 Å². The molecular formula is C19H21ClN2O4. The highest BCUT2D eigenvalue weighted by Crippen LogP contribution is 2.19. The number of hydrogen-bond donors (Lipinski definition) is 2. The Balaban J connectivity index is 1.76. The third-order valence-corrected chi connectivity index (χ3v) is 3.78. The van der Waals surface area contributed by atoms with Crippen LogP contribution in [0.2, 0.25) is 5.02 Å². The van der Waals surface area contributed by atoms with Crippen molar-refractivity contribution in [3.8, 4) is 11.5 Å². The van der Waals surface area contributed by atoms with E-state index in [0.717, 1.165) is 11.1 Å². The summed E-state index contributed by atoms with van der Waals surface area (Å²) in [6.07, 6.45) is -0.795. The minimum absolute atomic E-state index is 0.211. The lowest BCUT2D eigenvalue weighted by molar-refractivity contribution is -0.133. The molecule has 0 saturated heterocycles. The van der Waals surface area contributed by atoms with Crippen molar-refractivity contribution in [3.63, 3.8) is 0 Å². The molecule has 26 heavy (non-hydrogen) atoms. The predicted molar refractivity (Wildman–Crippen MR) is 99.2 cm³/mol. The summed E-state index contributed by atoms with van der Waals surface area (Å²) in [6.45, 7) is 5.19. The Hall–Kier alpha value is -2.73. The molecule has 0 heterocycles. The highest BCUT2D eigenvalue weighted by Gasteiger charge is 2.15. The lowest BCUT2D eigenvalue weighted by Crippen LogP contribution is -2.48. The van der Waals surface area contributed by atoms with Crippen molar-refractivity contribution in [2.75, 3.05) is 6.61 Å². The van der Waals surface area contributed by atoms with Crippen molar-refractivity contribution in [1.82, 2.24) is 10.9 Å². The molecule has 0 spiro atoms. The molecule has 0 unspecified atom stereocenters. The number of rotatable bonds is 6. The van der Waals surface area contributed by atoms with E-state index in [4.69, 9.17) is 21.1 Å². The Morgan fingerprint density at radius 1 is 1.08 bits per heavy atom. The molecule has 2 aromatic carbocycles. The molecule has 2 aromatic rings. The third kappa shape index (κ3) is 5.97. The lowest BCUT2D eigenvalue weighted by atomic mass is 10.1. The fourth-order valence-corrected chi connectivity index (χ4v) is 2.17. The molecule has 0 saturated carbocycles. The van der Waals surface area contributed by atoms with Crippen LogP contribution in [0.15, 0.2) is 42.5 Å². The molecule has 2 rings (SSSR count). The molecule has 0 aliphatic heterocycles. The summed E-state index contributed by atoms with van der Waals surface area (Å²) >= 11 is 5.79. The van der Waals surface area contributed by atoms with E-state index in [2.05, 4.69) is 10.9 Å². The molecule has 2 N–H and O–H groups in total.